The fourth-order valence-electron chi connectivity index (χ4n) is 2.76. The van der Waals surface area contributed by atoms with Crippen molar-refractivity contribution in [1.82, 2.24) is 15.3 Å². The van der Waals surface area contributed by atoms with Crippen molar-refractivity contribution in [3.63, 3.8) is 0 Å². The number of nitrogens with zero attached hydrogens (tertiary/aromatic N) is 2. The first-order valence-corrected chi connectivity index (χ1v) is 8.63. The second kappa shape index (κ2) is 7.83. The summed E-state index contributed by atoms with van der Waals surface area (Å²) in [6.45, 7) is 0.537. The summed E-state index contributed by atoms with van der Waals surface area (Å²) in [7, 11) is 1.60. The number of carbonyl (C=O) groups excluding carboxylic acids is 1. The van der Waals surface area contributed by atoms with Crippen LogP contribution in [-0.2, 0) is 6.54 Å². The van der Waals surface area contributed by atoms with Crippen LogP contribution in [0.4, 0.5) is 11.6 Å². The van der Waals surface area contributed by atoms with Crippen LogP contribution in [-0.4, -0.2) is 29.8 Å². The second-order valence-electron chi connectivity index (χ2n) is 5.95. The lowest BCUT2D eigenvalue weighted by Gasteiger charge is -2.10. The third-order valence-electron chi connectivity index (χ3n) is 4.15. The van der Waals surface area contributed by atoms with Crippen LogP contribution in [0.3, 0.4) is 0 Å². The largest absolute Gasteiger partial charge is 0.496 e. The van der Waals surface area contributed by atoms with Gasteiger partial charge in [-0.3, -0.25) is 4.79 Å². The summed E-state index contributed by atoms with van der Waals surface area (Å²) >= 11 is 0. The molecule has 1 aliphatic rings. The summed E-state index contributed by atoms with van der Waals surface area (Å²) < 4.78 is 15.9. The Morgan fingerprint density at radius 3 is 2.89 bits per heavy atom. The molecule has 1 amide bonds. The molecule has 4 rings (SSSR count). The lowest BCUT2D eigenvalue weighted by Crippen LogP contribution is -2.24. The molecule has 0 atom stereocenters. The number of amides is 1. The summed E-state index contributed by atoms with van der Waals surface area (Å²) in [6, 6.07) is 14.5. The maximum atomic E-state index is 12.5. The number of nitrogens with one attached hydrogen (secondary N) is 2. The molecular formula is C20H18N4O4. The van der Waals surface area contributed by atoms with Gasteiger partial charge < -0.3 is 24.8 Å². The Kier molecular flexibility index (Phi) is 4.92. The van der Waals surface area contributed by atoms with Gasteiger partial charge in [0, 0.05) is 30.1 Å². The molecule has 0 bridgehead atoms. The van der Waals surface area contributed by atoms with Gasteiger partial charge in [-0.15, -0.1) is 0 Å². The van der Waals surface area contributed by atoms with Gasteiger partial charge in [0.2, 0.25) is 12.7 Å². The first-order chi connectivity index (χ1) is 13.7. The molecule has 0 saturated heterocycles. The molecule has 0 spiro atoms. The van der Waals surface area contributed by atoms with Gasteiger partial charge in [-0.1, -0.05) is 18.2 Å². The smallest absolute Gasteiger partial charge is 0.270 e. The number of fused-ring (bicyclic) bond motifs is 1. The van der Waals surface area contributed by atoms with E-state index in [1.54, 1.807) is 25.3 Å². The number of para-hydroxylation sites is 1. The lowest BCUT2D eigenvalue weighted by molar-refractivity contribution is 0.0945. The third kappa shape index (κ3) is 3.80. The highest BCUT2D eigenvalue weighted by molar-refractivity contribution is 5.92. The van der Waals surface area contributed by atoms with E-state index >= 15 is 0 Å². The topological polar surface area (TPSA) is 94.6 Å². The summed E-state index contributed by atoms with van der Waals surface area (Å²) in [4.78, 5) is 20.9. The second-order valence-corrected chi connectivity index (χ2v) is 5.95. The van der Waals surface area contributed by atoms with E-state index in [9.17, 15) is 4.79 Å². The van der Waals surface area contributed by atoms with E-state index in [1.807, 2.05) is 30.3 Å². The molecule has 0 unspecified atom stereocenters. The van der Waals surface area contributed by atoms with E-state index < -0.39 is 0 Å². The highest BCUT2D eigenvalue weighted by Gasteiger charge is 2.14. The number of anilines is 2. The maximum Gasteiger partial charge on any atom is 0.270 e. The van der Waals surface area contributed by atoms with Crippen LogP contribution in [0.2, 0.25) is 0 Å². The molecule has 2 heterocycles. The molecule has 0 radical (unpaired) electrons. The molecule has 2 aromatic carbocycles. The Hall–Kier alpha value is -3.81. The molecule has 8 nitrogen and oxygen atoms in total. The predicted octanol–water partition coefficient (Wildman–Crippen LogP) is 2.89. The van der Waals surface area contributed by atoms with E-state index in [4.69, 9.17) is 14.2 Å². The molecule has 0 saturated carbocycles. The van der Waals surface area contributed by atoms with Crippen molar-refractivity contribution < 1.29 is 19.0 Å². The van der Waals surface area contributed by atoms with Crippen molar-refractivity contribution in [2.75, 3.05) is 19.2 Å². The Balaban J connectivity index is 1.43. The van der Waals surface area contributed by atoms with Gasteiger partial charge in [0.15, 0.2) is 11.5 Å². The third-order valence-corrected chi connectivity index (χ3v) is 4.15. The summed E-state index contributed by atoms with van der Waals surface area (Å²) in [6.07, 6.45) is 1.53. The van der Waals surface area contributed by atoms with Gasteiger partial charge in [-0.05, 0) is 24.3 Å². The minimum atomic E-state index is -0.304. The average molecular weight is 378 g/mol. The molecular weight excluding hydrogens is 360 g/mol. The van der Waals surface area contributed by atoms with Gasteiger partial charge in [0.1, 0.15) is 11.4 Å². The van der Waals surface area contributed by atoms with E-state index in [2.05, 4.69) is 20.6 Å². The maximum absolute atomic E-state index is 12.5. The number of ether oxygens (including phenoxy) is 3. The highest BCUT2D eigenvalue weighted by Crippen LogP contribution is 2.34. The van der Waals surface area contributed by atoms with Crippen LogP contribution < -0.4 is 24.8 Å². The van der Waals surface area contributed by atoms with Crippen LogP contribution in [0.1, 0.15) is 16.1 Å². The first kappa shape index (κ1) is 17.6. The number of methoxy groups -OCH3 is 1. The fourth-order valence-corrected chi connectivity index (χ4v) is 2.76. The number of hydrogen-bond acceptors (Lipinski definition) is 7. The molecule has 142 valence electrons. The summed E-state index contributed by atoms with van der Waals surface area (Å²) in [5.41, 5.74) is 1.87. The van der Waals surface area contributed by atoms with Crippen LogP contribution in [0.15, 0.2) is 54.7 Å². The zero-order chi connectivity index (χ0) is 19.3. The summed E-state index contributed by atoms with van der Waals surface area (Å²) in [5, 5.41) is 5.90. The minimum Gasteiger partial charge on any atom is -0.496 e. The number of carbonyl (C=O) groups is 1. The molecule has 1 aliphatic heterocycles. The SMILES string of the molecule is COc1ccccc1CNC(=O)c1ccnc(Nc2ccc3c(c2)OCO3)n1. The van der Waals surface area contributed by atoms with Crippen molar-refractivity contribution in [3.8, 4) is 17.2 Å². The van der Waals surface area contributed by atoms with Gasteiger partial charge in [0.25, 0.3) is 5.91 Å². The van der Waals surface area contributed by atoms with Crippen molar-refractivity contribution in [2.45, 2.75) is 6.54 Å². The molecule has 8 heteroatoms. The zero-order valence-corrected chi connectivity index (χ0v) is 15.1. The fraction of sp³-hybridized carbons (Fsp3) is 0.150. The Bertz CT molecular complexity index is 1010. The van der Waals surface area contributed by atoms with Crippen LogP contribution in [0.5, 0.6) is 17.2 Å². The van der Waals surface area contributed by atoms with Crippen molar-refractivity contribution in [2.24, 2.45) is 0 Å². The lowest BCUT2D eigenvalue weighted by atomic mass is 10.2. The van der Waals surface area contributed by atoms with E-state index in [0.29, 0.717) is 24.0 Å². The van der Waals surface area contributed by atoms with Crippen molar-refractivity contribution >= 4 is 17.5 Å². The first-order valence-electron chi connectivity index (χ1n) is 8.63. The van der Waals surface area contributed by atoms with Crippen LogP contribution >= 0.6 is 0 Å². The van der Waals surface area contributed by atoms with Gasteiger partial charge in [-0.25, -0.2) is 9.97 Å². The van der Waals surface area contributed by atoms with Crippen molar-refractivity contribution in [3.05, 3.63) is 66.0 Å². The predicted molar refractivity (Wildman–Crippen MR) is 102 cm³/mol. The highest BCUT2D eigenvalue weighted by atomic mass is 16.7. The van der Waals surface area contributed by atoms with Gasteiger partial charge in [-0.2, -0.15) is 0 Å². The molecule has 3 aromatic rings. The Morgan fingerprint density at radius 1 is 1.14 bits per heavy atom. The zero-order valence-electron chi connectivity index (χ0n) is 15.1. The normalized spacial score (nSPS) is 11.8. The average Bonchev–Trinajstić information content (AvgIpc) is 3.20. The molecule has 28 heavy (non-hydrogen) atoms. The number of rotatable bonds is 6. The van der Waals surface area contributed by atoms with E-state index in [1.165, 1.54) is 6.20 Å². The summed E-state index contributed by atoms with van der Waals surface area (Å²) in [5.74, 6) is 2.06. The van der Waals surface area contributed by atoms with E-state index in [-0.39, 0.29) is 18.4 Å². The van der Waals surface area contributed by atoms with Gasteiger partial charge in [0.05, 0.1) is 7.11 Å². The Morgan fingerprint density at radius 2 is 2.00 bits per heavy atom. The van der Waals surface area contributed by atoms with Gasteiger partial charge >= 0.3 is 0 Å². The standard InChI is InChI=1S/C20H18N4O4/c1-26-16-5-3-2-4-13(16)11-22-19(25)15-8-9-21-20(24-15)23-14-6-7-17-18(10-14)28-12-27-17/h2-10H,11-12H2,1H3,(H,22,25)(H,21,23,24). The molecule has 0 fully saturated rings. The monoisotopic (exact) mass is 378 g/mol. The van der Waals surface area contributed by atoms with E-state index in [0.717, 1.165) is 17.0 Å². The minimum absolute atomic E-state index is 0.205. The number of aromatic nitrogens is 2. The van der Waals surface area contributed by atoms with Crippen molar-refractivity contribution in [1.29, 1.82) is 0 Å². The number of hydrogen-bond donors (Lipinski definition) is 2. The molecule has 2 N–H and O–H groups in total. The quantitative estimate of drug-likeness (QED) is 0.681. The number of benzene rings is 2. The molecule has 1 aromatic heterocycles. The van der Waals surface area contributed by atoms with Crippen LogP contribution in [0, 0.1) is 0 Å². The van der Waals surface area contributed by atoms with Crippen LogP contribution in [0.25, 0.3) is 0 Å². The molecule has 0 aliphatic carbocycles. The Labute approximate surface area is 161 Å².